The molecule has 0 atom stereocenters. The first-order valence-electron chi connectivity index (χ1n) is 13.2. The number of nitrogens with zero attached hydrogens (tertiary/aromatic N) is 5. The van der Waals surface area contributed by atoms with E-state index >= 15 is 0 Å². The monoisotopic (exact) mass is 608 g/mol. The number of nitrogens with one attached hydrogen (secondary N) is 1. The highest BCUT2D eigenvalue weighted by atomic mass is 35.5. The summed E-state index contributed by atoms with van der Waals surface area (Å²) in [5, 5.41) is 16.1. The Balaban J connectivity index is 1.23. The maximum atomic E-state index is 13.3. The zero-order valence-electron chi connectivity index (χ0n) is 22.5. The number of amides is 1. The molecule has 0 saturated carbocycles. The van der Waals surface area contributed by atoms with Crippen molar-refractivity contribution in [3.8, 4) is 17.1 Å². The van der Waals surface area contributed by atoms with Gasteiger partial charge in [-0.2, -0.15) is 0 Å². The van der Waals surface area contributed by atoms with Crippen molar-refractivity contribution in [2.45, 2.75) is 23.9 Å². The summed E-state index contributed by atoms with van der Waals surface area (Å²) < 4.78 is 2.01. The fourth-order valence-electron chi connectivity index (χ4n) is 4.55. The molecule has 0 unspecified atom stereocenters. The van der Waals surface area contributed by atoms with Crippen LogP contribution < -0.4 is 5.32 Å². The smallest absolute Gasteiger partial charge is 0.271 e. The van der Waals surface area contributed by atoms with E-state index in [4.69, 9.17) is 11.6 Å². The van der Waals surface area contributed by atoms with Crippen molar-refractivity contribution >= 4 is 40.6 Å². The summed E-state index contributed by atoms with van der Waals surface area (Å²) in [4.78, 5) is 22.1. The lowest BCUT2D eigenvalue weighted by Gasteiger charge is -2.19. The van der Waals surface area contributed by atoms with Gasteiger partial charge in [0, 0.05) is 28.4 Å². The van der Waals surface area contributed by atoms with Gasteiger partial charge in [-0.05, 0) is 47.9 Å². The summed E-state index contributed by atoms with van der Waals surface area (Å²) in [6.45, 7) is 2.03. The van der Waals surface area contributed by atoms with Crippen molar-refractivity contribution in [2.75, 3.05) is 0 Å². The van der Waals surface area contributed by atoms with Gasteiger partial charge in [0.2, 0.25) is 0 Å². The van der Waals surface area contributed by atoms with Crippen LogP contribution in [0.1, 0.15) is 38.2 Å². The van der Waals surface area contributed by atoms with E-state index in [0.717, 1.165) is 32.9 Å². The molecule has 1 N–H and O–H groups in total. The Hall–Kier alpha value is -4.31. The van der Waals surface area contributed by atoms with Gasteiger partial charge in [-0.15, -0.1) is 21.5 Å². The van der Waals surface area contributed by atoms with Gasteiger partial charge in [-0.25, -0.2) is 4.98 Å². The molecule has 7 nitrogen and oxygen atoms in total. The van der Waals surface area contributed by atoms with Crippen molar-refractivity contribution in [1.29, 1.82) is 0 Å². The minimum atomic E-state index is -0.287. The molecule has 3 aromatic heterocycles. The number of thioether (sulfide) groups is 1. The third-order valence-corrected chi connectivity index (χ3v) is 8.84. The third kappa shape index (κ3) is 6.13. The Bertz CT molecular complexity index is 1770. The van der Waals surface area contributed by atoms with Gasteiger partial charge in [-0.1, -0.05) is 90.1 Å². The number of carbonyl (C=O) groups excluding carboxylic acids is 1. The molecule has 0 aliphatic heterocycles. The Kier molecular flexibility index (Phi) is 8.41. The molecule has 3 heterocycles. The number of hydrogen-bond donors (Lipinski definition) is 1. The van der Waals surface area contributed by atoms with Crippen molar-refractivity contribution in [1.82, 2.24) is 30.0 Å². The Morgan fingerprint density at radius 3 is 2.33 bits per heavy atom. The second kappa shape index (κ2) is 12.7. The largest absolute Gasteiger partial charge is 0.340 e. The average Bonchev–Trinajstić information content (AvgIpc) is 3.69. The number of carbonyl (C=O) groups is 1. The molecule has 6 rings (SSSR count). The highest BCUT2D eigenvalue weighted by Gasteiger charge is 2.21. The summed E-state index contributed by atoms with van der Waals surface area (Å²) in [5.74, 6) is 0.988. The van der Waals surface area contributed by atoms with Crippen LogP contribution in [0.15, 0.2) is 114 Å². The predicted molar refractivity (Wildman–Crippen MR) is 168 cm³/mol. The van der Waals surface area contributed by atoms with Crippen molar-refractivity contribution < 1.29 is 4.79 Å². The van der Waals surface area contributed by atoms with Gasteiger partial charge < -0.3 is 5.32 Å². The van der Waals surface area contributed by atoms with E-state index in [9.17, 15) is 4.79 Å². The molecular weight excluding hydrogens is 584 g/mol. The molecule has 3 aromatic carbocycles. The SMILES string of the molecule is Cc1ccc(Cl)cc1-n1c(SCc2nc(C(=O)NC(c3ccccc3)c3ccccc3)cs2)nnc1-c1ccncc1. The number of rotatable bonds is 9. The van der Waals surface area contributed by atoms with Crippen LogP contribution >= 0.6 is 34.7 Å². The molecule has 208 valence electrons. The van der Waals surface area contributed by atoms with Gasteiger partial charge in [0.25, 0.3) is 5.91 Å². The number of benzene rings is 3. The van der Waals surface area contributed by atoms with Crippen LogP contribution in [-0.2, 0) is 5.75 Å². The first-order chi connectivity index (χ1) is 20.6. The number of aryl methyl sites for hydroxylation is 1. The zero-order valence-corrected chi connectivity index (χ0v) is 24.9. The second-order valence-electron chi connectivity index (χ2n) is 9.45. The summed E-state index contributed by atoms with van der Waals surface area (Å²) in [6, 6.07) is 29.1. The van der Waals surface area contributed by atoms with E-state index in [1.165, 1.54) is 23.1 Å². The molecular formula is C32H25ClN6OS2. The van der Waals surface area contributed by atoms with E-state index in [-0.39, 0.29) is 11.9 Å². The molecule has 1 amide bonds. The van der Waals surface area contributed by atoms with Crippen LogP contribution in [0, 0.1) is 6.92 Å². The molecule has 0 bridgehead atoms. The fourth-order valence-corrected chi connectivity index (χ4v) is 6.46. The minimum Gasteiger partial charge on any atom is -0.340 e. The van der Waals surface area contributed by atoms with Gasteiger partial charge in [-0.3, -0.25) is 14.3 Å². The standard InChI is InChI=1S/C32H25ClN6OS2/c1-21-12-13-25(33)18-27(21)39-30(24-14-16-34-17-15-24)37-38-32(39)42-20-28-35-26(19-41-28)31(40)36-29(22-8-4-2-5-9-22)23-10-6-3-7-11-23/h2-19,29H,20H2,1H3,(H,36,40). The zero-order chi connectivity index (χ0) is 28.9. The summed E-state index contributed by atoms with van der Waals surface area (Å²) in [6.07, 6.45) is 3.46. The van der Waals surface area contributed by atoms with Gasteiger partial charge in [0.05, 0.1) is 17.5 Å². The highest BCUT2D eigenvalue weighted by Crippen LogP contribution is 2.32. The second-order valence-corrected chi connectivity index (χ2v) is 11.8. The Morgan fingerprint density at radius 1 is 0.952 bits per heavy atom. The molecule has 0 spiro atoms. The number of hydrogen-bond acceptors (Lipinski definition) is 7. The maximum Gasteiger partial charge on any atom is 0.271 e. The Morgan fingerprint density at radius 2 is 1.64 bits per heavy atom. The van der Waals surface area contributed by atoms with Crippen LogP contribution in [0.3, 0.4) is 0 Å². The number of aromatic nitrogens is 5. The average molecular weight is 609 g/mol. The van der Waals surface area contributed by atoms with Crippen molar-refractivity contribution in [2.24, 2.45) is 0 Å². The van der Waals surface area contributed by atoms with E-state index in [0.29, 0.717) is 27.5 Å². The van der Waals surface area contributed by atoms with Crippen LogP contribution in [0.25, 0.3) is 17.1 Å². The van der Waals surface area contributed by atoms with Crippen LogP contribution in [0.4, 0.5) is 0 Å². The quantitative estimate of drug-likeness (QED) is 0.171. The van der Waals surface area contributed by atoms with Gasteiger partial charge >= 0.3 is 0 Å². The molecule has 10 heteroatoms. The summed E-state index contributed by atoms with van der Waals surface area (Å²) in [5.41, 5.74) is 5.22. The maximum absolute atomic E-state index is 13.3. The van der Waals surface area contributed by atoms with Crippen LogP contribution in [0.5, 0.6) is 0 Å². The topological polar surface area (TPSA) is 85.6 Å². The number of halogens is 1. The third-order valence-electron chi connectivity index (χ3n) is 6.63. The lowest BCUT2D eigenvalue weighted by molar-refractivity contribution is 0.0938. The van der Waals surface area contributed by atoms with Gasteiger partial charge in [0.1, 0.15) is 10.7 Å². The first kappa shape index (κ1) is 27.8. The highest BCUT2D eigenvalue weighted by molar-refractivity contribution is 7.98. The number of pyridine rings is 1. The fraction of sp³-hybridized carbons (Fsp3) is 0.0938. The molecule has 6 aromatic rings. The molecule has 0 radical (unpaired) electrons. The van der Waals surface area contributed by atoms with Crippen LogP contribution in [0.2, 0.25) is 5.02 Å². The summed E-state index contributed by atoms with van der Waals surface area (Å²) >= 11 is 9.34. The molecule has 0 fully saturated rings. The van der Waals surface area contributed by atoms with Crippen molar-refractivity contribution in [3.63, 3.8) is 0 Å². The van der Waals surface area contributed by atoms with E-state index in [1.54, 1.807) is 17.8 Å². The normalized spacial score (nSPS) is 11.1. The first-order valence-corrected chi connectivity index (χ1v) is 15.4. The number of thiazole rings is 1. The van der Waals surface area contributed by atoms with E-state index in [1.807, 2.05) is 102 Å². The van der Waals surface area contributed by atoms with Crippen LogP contribution in [-0.4, -0.2) is 30.6 Å². The lowest BCUT2D eigenvalue weighted by atomic mass is 9.98. The molecule has 0 aliphatic carbocycles. The molecule has 42 heavy (non-hydrogen) atoms. The van der Waals surface area contributed by atoms with Gasteiger partial charge in [0.15, 0.2) is 11.0 Å². The van der Waals surface area contributed by atoms with Crippen molar-refractivity contribution in [3.05, 3.63) is 141 Å². The van der Waals surface area contributed by atoms with E-state index < -0.39 is 0 Å². The molecule has 0 saturated heterocycles. The predicted octanol–water partition coefficient (Wildman–Crippen LogP) is 7.56. The Labute approximate surface area is 256 Å². The summed E-state index contributed by atoms with van der Waals surface area (Å²) in [7, 11) is 0. The lowest BCUT2D eigenvalue weighted by Crippen LogP contribution is -2.29. The minimum absolute atomic E-state index is 0.224. The molecule has 0 aliphatic rings. The van der Waals surface area contributed by atoms with E-state index in [2.05, 4.69) is 25.5 Å².